The fraction of sp³-hybridized carbons (Fsp3) is 0.429. The third-order valence-corrected chi connectivity index (χ3v) is 0.981. The fourth-order valence-electron chi connectivity index (χ4n) is 0.472. The van der Waals surface area contributed by atoms with Gasteiger partial charge in [0, 0.05) is 13.8 Å². The van der Waals surface area contributed by atoms with Crippen molar-refractivity contribution in [2.75, 3.05) is 0 Å². The maximum absolute atomic E-state index is 10.7. The predicted octanol–water partition coefficient (Wildman–Crippen LogP) is 1.19. The average molecular weight is 193 g/mol. The fourth-order valence-corrected chi connectivity index (χ4v) is 0.517. The molecule has 0 fully saturated rings. The van der Waals surface area contributed by atoms with E-state index in [0.717, 1.165) is 0 Å². The summed E-state index contributed by atoms with van der Waals surface area (Å²) in [5.74, 6) is -1.33. The lowest BCUT2D eigenvalue weighted by molar-refractivity contribution is -0.179. The molecule has 0 saturated heterocycles. The van der Waals surface area contributed by atoms with Gasteiger partial charge in [0.2, 0.25) is 6.29 Å². The molecular formula is C7H9ClO4. The maximum atomic E-state index is 10.7. The van der Waals surface area contributed by atoms with Crippen LogP contribution in [0.1, 0.15) is 13.8 Å². The topological polar surface area (TPSA) is 52.6 Å². The molecule has 0 aliphatic rings. The van der Waals surface area contributed by atoms with Crippen molar-refractivity contribution in [1.29, 1.82) is 0 Å². The molecule has 0 aliphatic carbocycles. The molecule has 0 rings (SSSR count). The van der Waals surface area contributed by atoms with E-state index in [2.05, 4.69) is 16.1 Å². The highest BCUT2D eigenvalue weighted by Gasteiger charge is 2.12. The van der Waals surface area contributed by atoms with Crippen molar-refractivity contribution in [2.24, 2.45) is 0 Å². The SMILES string of the molecule is C=C(Cl)C(=O)OC(C)OC(C)=O. The molecule has 1 atom stereocenters. The lowest BCUT2D eigenvalue weighted by Gasteiger charge is -2.11. The van der Waals surface area contributed by atoms with Crippen LogP contribution in [-0.2, 0) is 19.1 Å². The van der Waals surface area contributed by atoms with Crippen molar-refractivity contribution in [1.82, 2.24) is 0 Å². The Labute approximate surface area is 75.1 Å². The van der Waals surface area contributed by atoms with Gasteiger partial charge in [-0.05, 0) is 0 Å². The number of hydrogen-bond donors (Lipinski definition) is 0. The number of carbonyl (C=O) groups excluding carboxylic acids is 2. The lowest BCUT2D eigenvalue weighted by Crippen LogP contribution is -2.20. The van der Waals surface area contributed by atoms with Crippen LogP contribution in [0.2, 0.25) is 0 Å². The Morgan fingerprint density at radius 1 is 1.42 bits per heavy atom. The summed E-state index contributed by atoms with van der Waals surface area (Å²) in [6.45, 7) is 5.75. The Morgan fingerprint density at radius 3 is 2.25 bits per heavy atom. The van der Waals surface area contributed by atoms with E-state index >= 15 is 0 Å². The Bertz CT molecular complexity index is 211. The summed E-state index contributed by atoms with van der Waals surface area (Å²) in [4.78, 5) is 21.0. The largest absolute Gasteiger partial charge is 0.426 e. The van der Waals surface area contributed by atoms with E-state index in [1.54, 1.807) is 0 Å². The Morgan fingerprint density at radius 2 is 1.92 bits per heavy atom. The highest BCUT2D eigenvalue weighted by Crippen LogP contribution is 2.03. The smallest absolute Gasteiger partial charge is 0.352 e. The van der Waals surface area contributed by atoms with Crippen LogP contribution in [0.15, 0.2) is 11.6 Å². The van der Waals surface area contributed by atoms with Gasteiger partial charge in [0.15, 0.2) is 0 Å². The number of hydrogen-bond acceptors (Lipinski definition) is 4. The Balaban J connectivity index is 3.84. The Hall–Kier alpha value is -1.03. The van der Waals surface area contributed by atoms with E-state index < -0.39 is 18.2 Å². The molecule has 12 heavy (non-hydrogen) atoms. The molecule has 68 valence electrons. The van der Waals surface area contributed by atoms with Crippen LogP contribution in [0, 0.1) is 0 Å². The summed E-state index contributed by atoms with van der Waals surface area (Å²) in [6.07, 6.45) is -0.939. The number of rotatable bonds is 3. The van der Waals surface area contributed by atoms with Crippen LogP contribution in [0.3, 0.4) is 0 Å². The zero-order chi connectivity index (χ0) is 9.72. The van der Waals surface area contributed by atoms with E-state index in [0.29, 0.717) is 0 Å². The van der Waals surface area contributed by atoms with Crippen LogP contribution in [0.4, 0.5) is 0 Å². The van der Waals surface area contributed by atoms with Gasteiger partial charge in [-0.1, -0.05) is 18.2 Å². The van der Waals surface area contributed by atoms with E-state index in [1.165, 1.54) is 13.8 Å². The molecule has 0 amide bonds. The van der Waals surface area contributed by atoms with Crippen molar-refractivity contribution in [3.05, 3.63) is 11.6 Å². The van der Waals surface area contributed by atoms with Crippen molar-refractivity contribution in [3.8, 4) is 0 Å². The minimum atomic E-state index is -0.939. The molecule has 0 saturated carbocycles. The monoisotopic (exact) mass is 192 g/mol. The molecule has 0 aliphatic heterocycles. The van der Waals surface area contributed by atoms with Crippen molar-refractivity contribution in [2.45, 2.75) is 20.1 Å². The second kappa shape index (κ2) is 4.77. The normalized spacial score (nSPS) is 11.6. The molecule has 0 bridgehead atoms. The lowest BCUT2D eigenvalue weighted by atomic mass is 10.6. The van der Waals surface area contributed by atoms with Gasteiger partial charge in [-0.3, -0.25) is 4.79 Å². The summed E-state index contributed by atoms with van der Waals surface area (Å²) in [5.41, 5.74) is 0. The van der Waals surface area contributed by atoms with Gasteiger partial charge in [-0.15, -0.1) is 0 Å². The first-order valence-corrected chi connectivity index (χ1v) is 3.54. The molecular weight excluding hydrogens is 184 g/mol. The number of esters is 2. The van der Waals surface area contributed by atoms with E-state index in [-0.39, 0.29) is 5.03 Å². The average Bonchev–Trinajstić information content (AvgIpc) is 1.84. The van der Waals surface area contributed by atoms with E-state index in [4.69, 9.17) is 11.6 Å². The molecule has 0 heterocycles. The second-order valence-electron chi connectivity index (χ2n) is 1.99. The maximum Gasteiger partial charge on any atom is 0.352 e. The summed E-state index contributed by atoms with van der Waals surface area (Å²) in [6, 6.07) is 0. The predicted molar refractivity (Wildman–Crippen MR) is 42.3 cm³/mol. The summed E-state index contributed by atoms with van der Waals surface area (Å²) >= 11 is 5.20. The molecule has 0 aromatic rings. The number of carbonyl (C=O) groups is 2. The van der Waals surface area contributed by atoms with Gasteiger partial charge in [0.1, 0.15) is 5.03 Å². The van der Waals surface area contributed by atoms with E-state index in [9.17, 15) is 9.59 Å². The van der Waals surface area contributed by atoms with Crippen molar-refractivity contribution < 1.29 is 19.1 Å². The molecule has 4 nitrogen and oxygen atoms in total. The molecule has 1 unspecified atom stereocenters. The third kappa shape index (κ3) is 4.73. The second-order valence-corrected chi connectivity index (χ2v) is 2.44. The molecule has 0 radical (unpaired) electrons. The zero-order valence-electron chi connectivity index (χ0n) is 6.80. The minimum absolute atomic E-state index is 0.256. The molecule has 0 aromatic carbocycles. The van der Waals surface area contributed by atoms with Gasteiger partial charge in [-0.25, -0.2) is 4.79 Å². The van der Waals surface area contributed by atoms with Gasteiger partial charge in [0.25, 0.3) is 0 Å². The minimum Gasteiger partial charge on any atom is -0.426 e. The first-order valence-electron chi connectivity index (χ1n) is 3.16. The molecule has 0 spiro atoms. The highest BCUT2D eigenvalue weighted by atomic mass is 35.5. The van der Waals surface area contributed by atoms with Gasteiger partial charge in [-0.2, -0.15) is 0 Å². The van der Waals surface area contributed by atoms with E-state index in [1.807, 2.05) is 0 Å². The van der Waals surface area contributed by atoms with Crippen molar-refractivity contribution in [3.63, 3.8) is 0 Å². The van der Waals surface area contributed by atoms with Crippen LogP contribution >= 0.6 is 11.6 Å². The molecule has 5 heteroatoms. The summed E-state index contributed by atoms with van der Waals surface area (Å²) in [5, 5.41) is -0.256. The van der Waals surface area contributed by atoms with Gasteiger partial charge in [0.05, 0.1) is 0 Å². The quantitative estimate of drug-likeness (QED) is 0.383. The Kier molecular flexibility index (Phi) is 4.36. The third-order valence-electron chi connectivity index (χ3n) is 0.826. The van der Waals surface area contributed by atoms with Crippen LogP contribution in [-0.4, -0.2) is 18.2 Å². The van der Waals surface area contributed by atoms with Gasteiger partial charge >= 0.3 is 11.9 Å². The zero-order valence-corrected chi connectivity index (χ0v) is 7.55. The molecule has 0 aromatic heterocycles. The first-order chi connectivity index (χ1) is 5.43. The summed E-state index contributed by atoms with van der Waals surface area (Å²) in [7, 11) is 0. The van der Waals surface area contributed by atoms with Crippen LogP contribution < -0.4 is 0 Å². The first kappa shape index (κ1) is 11.0. The number of ether oxygens (including phenoxy) is 2. The summed E-state index contributed by atoms with van der Waals surface area (Å²) < 4.78 is 9.00. The highest BCUT2D eigenvalue weighted by molar-refractivity contribution is 6.40. The molecule has 0 N–H and O–H groups in total. The van der Waals surface area contributed by atoms with Crippen LogP contribution in [0.25, 0.3) is 0 Å². The van der Waals surface area contributed by atoms with Gasteiger partial charge < -0.3 is 9.47 Å². The number of halogens is 1. The van der Waals surface area contributed by atoms with Crippen LogP contribution in [0.5, 0.6) is 0 Å². The van der Waals surface area contributed by atoms with Crippen molar-refractivity contribution >= 4 is 23.5 Å². The standard InChI is InChI=1S/C7H9ClO4/c1-4(8)7(10)12-6(3)11-5(2)9/h6H,1H2,2-3H3.